The predicted molar refractivity (Wildman–Crippen MR) is 127 cm³/mol. The van der Waals surface area contributed by atoms with Crippen LogP contribution in [0.25, 0.3) is 22.0 Å². The molecule has 0 bridgehead atoms. The molecule has 0 unspecified atom stereocenters. The van der Waals surface area contributed by atoms with Gasteiger partial charge in [-0.05, 0) is 59.4 Å². The van der Waals surface area contributed by atoms with Gasteiger partial charge in [-0.2, -0.15) is 0 Å². The first-order valence-electron chi connectivity index (χ1n) is 11.1. The van der Waals surface area contributed by atoms with Crippen LogP contribution in [0.4, 0.5) is 5.82 Å². The third-order valence-corrected chi connectivity index (χ3v) is 5.94. The van der Waals surface area contributed by atoms with Crippen LogP contribution < -0.4 is 5.32 Å². The van der Waals surface area contributed by atoms with Crippen LogP contribution in [0, 0.1) is 0 Å². The van der Waals surface area contributed by atoms with Crippen molar-refractivity contribution < 1.29 is 9.90 Å². The number of anilines is 1. The minimum atomic E-state index is -0.0898. The van der Waals surface area contributed by atoms with Gasteiger partial charge in [0, 0.05) is 5.56 Å². The molecule has 0 radical (unpaired) electrons. The molecule has 5 nitrogen and oxygen atoms in total. The fourth-order valence-corrected chi connectivity index (χ4v) is 4.39. The molecule has 0 fully saturated rings. The van der Waals surface area contributed by atoms with E-state index in [1.807, 2.05) is 30.3 Å². The van der Waals surface area contributed by atoms with Crippen molar-refractivity contribution in [2.24, 2.45) is 0 Å². The van der Waals surface area contributed by atoms with E-state index in [0.29, 0.717) is 5.82 Å². The number of nitrogens with zero attached hydrogens (tertiary/aromatic N) is 2. The molecule has 0 spiro atoms. The zero-order valence-electron chi connectivity index (χ0n) is 18.1. The molecule has 1 aromatic heterocycles. The molecule has 5 rings (SSSR count). The monoisotopic (exact) mass is 423 g/mol. The molecular weight excluding hydrogens is 398 g/mol. The number of carbonyl (C=O) groups excluding carboxylic acids is 1. The Balaban J connectivity index is 1.42. The van der Waals surface area contributed by atoms with Gasteiger partial charge in [0.1, 0.15) is 5.75 Å². The highest BCUT2D eigenvalue weighted by Crippen LogP contribution is 2.34. The molecule has 5 heteroatoms. The van der Waals surface area contributed by atoms with Crippen LogP contribution in [0.2, 0.25) is 0 Å². The second-order valence-electron chi connectivity index (χ2n) is 8.31. The Morgan fingerprint density at radius 2 is 1.84 bits per heavy atom. The normalized spacial score (nSPS) is 12.3. The maximum atomic E-state index is 12.9. The largest absolute Gasteiger partial charge is 0.508 e. The number of aromatic nitrogens is 2. The number of hydrogen-bond acceptors (Lipinski definition) is 4. The van der Waals surface area contributed by atoms with Crippen molar-refractivity contribution in [1.29, 1.82) is 0 Å². The summed E-state index contributed by atoms with van der Waals surface area (Å²) in [7, 11) is 0. The van der Waals surface area contributed by atoms with Crippen molar-refractivity contribution >= 4 is 22.5 Å². The predicted octanol–water partition coefficient (Wildman–Crippen LogP) is 5.23. The highest BCUT2D eigenvalue weighted by Gasteiger charge is 2.22. The second-order valence-corrected chi connectivity index (χ2v) is 8.31. The van der Waals surface area contributed by atoms with Gasteiger partial charge < -0.3 is 10.4 Å². The van der Waals surface area contributed by atoms with E-state index in [0.717, 1.165) is 70.2 Å². The highest BCUT2D eigenvalue weighted by atomic mass is 16.3. The number of hydrogen-bond donors (Lipinski definition) is 2. The molecule has 1 amide bonds. The molecule has 32 heavy (non-hydrogen) atoms. The quantitative estimate of drug-likeness (QED) is 0.461. The van der Waals surface area contributed by atoms with Crippen molar-refractivity contribution in [3.63, 3.8) is 0 Å². The SMILES string of the molecule is CCCc1nc2c(nc1NC(=O)Cc1ccc3ccccc3c1)CCc1cc(O)ccc1-2. The topological polar surface area (TPSA) is 75.1 Å². The number of aryl methyl sites for hydroxylation is 3. The van der Waals surface area contributed by atoms with E-state index in [9.17, 15) is 9.90 Å². The summed E-state index contributed by atoms with van der Waals surface area (Å²) in [6, 6.07) is 19.7. The number of nitrogens with one attached hydrogen (secondary N) is 1. The van der Waals surface area contributed by atoms with E-state index in [2.05, 4.69) is 30.4 Å². The van der Waals surface area contributed by atoms with Crippen LogP contribution in [-0.2, 0) is 30.5 Å². The van der Waals surface area contributed by atoms with E-state index in [1.165, 1.54) is 0 Å². The van der Waals surface area contributed by atoms with Crippen LogP contribution >= 0.6 is 0 Å². The molecule has 1 aliphatic rings. The lowest BCUT2D eigenvalue weighted by atomic mass is 9.91. The Hall–Kier alpha value is -3.73. The fourth-order valence-electron chi connectivity index (χ4n) is 4.39. The Bertz CT molecular complexity index is 1330. The molecule has 2 N–H and O–H groups in total. The van der Waals surface area contributed by atoms with Gasteiger partial charge in [0.05, 0.1) is 23.5 Å². The second kappa shape index (κ2) is 8.42. The molecule has 0 saturated heterocycles. The molecular formula is C27H25N3O2. The van der Waals surface area contributed by atoms with E-state index in [4.69, 9.17) is 9.97 Å². The van der Waals surface area contributed by atoms with Gasteiger partial charge in [0.25, 0.3) is 0 Å². The molecule has 3 aromatic carbocycles. The first kappa shape index (κ1) is 20.2. The van der Waals surface area contributed by atoms with Crippen molar-refractivity contribution in [2.75, 3.05) is 5.32 Å². The Labute approximate surface area is 187 Å². The van der Waals surface area contributed by atoms with Gasteiger partial charge in [0.15, 0.2) is 5.82 Å². The summed E-state index contributed by atoms with van der Waals surface area (Å²) in [6.45, 7) is 2.09. The Morgan fingerprint density at radius 3 is 2.69 bits per heavy atom. The lowest BCUT2D eigenvalue weighted by molar-refractivity contribution is -0.115. The molecule has 0 atom stereocenters. The average Bonchev–Trinajstić information content (AvgIpc) is 2.79. The summed E-state index contributed by atoms with van der Waals surface area (Å²) < 4.78 is 0. The standard InChI is InChI=1S/C27H25N3O2/c1-2-5-24-27(29-23-13-10-20-16-21(31)11-12-22(20)26(23)28-24)30-25(32)15-17-8-9-18-6-3-4-7-19(18)14-17/h3-4,6-9,11-12,14,16,31H,2,5,10,13,15H2,1H3,(H,29,30,32). The van der Waals surface area contributed by atoms with E-state index < -0.39 is 0 Å². The highest BCUT2D eigenvalue weighted by molar-refractivity contribution is 5.93. The summed E-state index contributed by atoms with van der Waals surface area (Å²) in [4.78, 5) is 22.6. The molecule has 1 aliphatic carbocycles. The van der Waals surface area contributed by atoms with E-state index >= 15 is 0 Å². The number of aromatic hydroxyl groups is 1. The lowest BCUT2D eigenvalue weighted by Gasteiger charge is -2.21. The third-order valence-electron chi connectivity index (χ3n) is 5.94. The van der Waals surface area contributed by atoms with Crippen molar-refractivity contribution in [3.05, 3.63) is 83.2 Å². The molecule has 4 aromatic rings. The summed E-state index contributed by atoms with van der Waals surface area (Å²) in [5.41, 5.74) is 5.63. The summed E-state index contributed by atoms with van der Waals surface area (Å²) in [6.07, 6.45) is 3.46. The van der Waals surface area contributed by atoms with Gasteiger partial charge in [-0.15, -0.1) is 0 Å². The van der Waals surface area contributed by atoms with E-state index in [-0.39, 0.29) is 18.1 Å². The zero-order valence-corrected chi connectivity index (χ0v) is 18.1. The van der Waals surface area contributed by atoms with Crippen LogP contribution in [-0.4, -0.2) is 21.0 Å². The van der Waals surface area contributed by atoms with Crippen molar-refractivity contribution in [2.45, 2.75) is 39.0 Å². The van der Waals surface area contributed by atoms with Crippen LogP contribution in [0.3, 0.4) is 0 Å². The maximum Gasteiger partial charge on any atom is 0.229 e. The van der Waals surface area contributed by atoms with Crippen LogP contribution in [0.5, 0.6) is 5.75 Å². The number of carbonyl (C=O) groups is 1. The zero-order chi connectivity index (χ0) is 22.1. The minimum absolute atomic E-state index is 0.0898. The average molecular weight is 424 g/mol. The van der Waals surface area contributed by atoms with Crippen molar-refractivity contribution in [1.82, 2.24) is 9.97 Å². The number of fused-ring (bicyclic) bond motifs is 4. The summed E-state index contributed by atoms with van der Waals surface area (Å²) >= 11 is 0. The number of phenols is 1. The minimum Gasteiger partial charge on any atom is -0.508 e. The smallest absolute Gasteiger partial charge is 0.229 e. The fraction of sp³-hybridized carbons (Fsp3) is 0.222. The molecule has 0 saturated carbocycles. The first-order valence-corrected chi connectivity index (χ1v) is 11.1. The van der Waals surface area contributed by atoms with Gasteiger partial charge in [-0.25, -0.2) is 9.97 Å². The lowest BCUT2D eigenvalue weighted by Crippen LogP contribution is -2.19. The van der Waals surface area contributed by atoms with Gasteiger partial charge in [-0.3, -0.25) is 4.79 Å². The molecule has 1 heterocycles. The van der Waals surface area contributed by atoms with Gasteiger partial charge in [-0.1, -0.05) is 55.8 Å². The number of amides is 1. The Kier molecular flexibility index (Phi) is 5.31. The third kappa shape index (κ3) is 3.94. The number of rotatable bonds is 5. The van der Waals surface area contributed by atoms with Crippen LogP contribution in [0.15, 0.2) is 60.7 Å². The molecule has 160 valence electrons. The van der Waals surface area contributed by atoms with Crippen LogP contribution in [0.1, 0.15) is 35.9 Å². The number of benzene rings is 3. The van der Waals surface area contributed by atoms with Gasteiger partial charge in [0.2, 0.25) is 5.91 Å². The molecule has 0 aliphatic heterocycles. The first-order chi connectivity index (χ1) is 15.6. The Morgan fingerprint density at radius 1 is 1.00 bits per heavy atom. The number of phenolic OH excluding ortho intramolecular Hbond substituents is 1. The summed E-state index contributed by atoms with van der Waals surface area (Å²) in [5, 5.41) is 15.1. The van der Waals surface area contributed by atoms with E-state index in [1.54, 1.807) is 12.1 Å². The summed E-state index contributed by atoms with van der Waals surface area (Å²) in [5.74, 6) is 0.748. The van der Waals surface area contributed by atoms with Gasteiger partial charge >= 0.3 is 0 Å². The van der Waals surface area contributed by atoms with Crippen molar-refractivity contribution in [3.8, 4) is 17.0 Å². The maximum absolute atomic E-state index is 12.9.